The Balaban J connectivity index is 1.49. The molecule has 0 unspecified atom stereocenters. The van der Waals surface area contributed by atoms with Crippen LogP contribution in [0.25, 0.3) is 0 Å². The quantitative estimate of drug-likeness (QED) is 0.683. The Morgan fingerprint density at radius 2 is 1.96 bits per heavy atom. The SMILES string of the molecule is C=C1[C@@H]2CC[C@]3(CC[C@@H]4[C@]5(C)CCC[C@@]4(CN4COC[C@@H]45)[C@H]3C2)[C@@H]1O. The van der Waals surface area contributed by atoms with Crippen LogP contribution in [0.1, 0.15) is 58.3 Å². The lowest BCUT2D eigenvalue weighted by Crippen LogP contribution is -2.72. The van der Waals surface area contributed by atoms with E-state index in [0.717, 1.165) is 19.3 Å². The van der Waals surface area contributed by atoms with Crippen molar-refractivity contribution in [3.05, 3.63) is 12.2 Å². The van der Waals surface area contributed by atoms with E-state index in [1.807, 2.05) is 0 Å². The molecular formula is C22H33NO2. The fraction of sp³-hybridized carbons (Fsp3) is 0.909. The fourth-order valence-electron chi connectivity index (χ4n) is 9.32. The van der Waals surface area contributed by atoms with Gasteiger partial charge in [-0.2, -0.15) is 0 Å². The van der Waals surface area contributed by atoms with Gasteiger partial charge in [0.1, 0.15) is 0 Å². The van der Waals surface area contributed by atoms with Crippen molar-refractivity contribution in [3.8, 4) is 0 Å². The average Bonchev–Trinajstić information content (AvgIpc) is 3.07. The summed E-state index contributed by atoms with van der Waals surface area (Å²) in [5.74, 6) is 2.13. The molecule has 0 aromatic carbocycles. The summed E-state index contributed by atoms with van der Waals surface area (Å²) in [5.41, 5.74) is 2.17. The number of aliphatic hydroxyl groups is 1. The Labute approximate surface area is 151 Å². The maximum absolute atomic E-state index is 11.3. The Bertz CT molecular complexity index is 634. The molecule has 0 aromatic heterocycles. The maximum Gasteiger partial charge on any atom is 0.0994 e. The van der Waals surface area contributed by atoms with Crippen molar-refractivity contribution >= 4 is 0 Å². The largest absolute Gasteiger partial charge is 0.388 e. The van der Waals surface area contributed by atoms with Gasteiger partial charge in [-0.3, -0.25) is 4.90 Å². The predicted molar refractivity (Wildman–Crippen MR) is 96.8 cm³/mol. The molecule has 138 valence electrons. The average molecular weight is 344 g/mol. The van der Waals surface area contributed by atoms with Crippen molar-refractivity contribution in [2.45, 2.75) is 70.4 Å². The molecule has 7 aliphatic rings. The molecule has 0 amide bonds. The molecule has 0 radical (unpaired) electrons. The summed E-state index contributed by atoms with van der Waals surface area (Å²) in [6, 6.07) is 0.639. The second-order valence-electron chi connectivity index (χ2n) is 10.7. The van der Waals surface area contributed by atoms with Crippen LogP contribution >= 0.6 is 0 Å². The Morgan fingerprint density at radius 1 is 1.12 bits per heavy atom. The minimum absolute atomic E-state index is 0.147. The molecule has 5 saturated carbocycles. The third-order valence-corrected chi connectivity index (χ3v) is 10.3. The van der Waals surface area contributed by atoms with Gasteiger partial charge in [0.25, 0.3) is 0 Å². The molecule has 0 aromatic rings. The van der Waals surface area contributed by atoms with E-state index in [-0.39, 0.29) is 11.5 Å². The Kier molecular flexibility index (Phi) is 2.95. The van der Waals surface area contributed by atoms with Gasteiger partial charge in [0, 0.05) is 18.0 Å². The van der Waals surface area contributed by atoms with E-state index in [0.29, 0.717) is 28.7 Å². The number of fused-ring (bicyclic) bond motifs is 4. The van der Waals surface area contributed by atoms with Gasteiger partial charge in [-0.15, -0.1) is 0 Å². The highest BCUT2D eigenvalue weighted by Crippen LogP contribution is 2.74. The molecule has 2 heterocycles. The minimum Gasteiger partial charge on any atom is -0.388 e. The smallest absolute Gasteiger partial charge is 0.0994 e. The molecule has 25 heavy (non-hydrogen) atoms. The lowest BCUT2D eigenvalue weighted by molar-refractivity contribution is -0.248. The van der Waals surface area contributed by atoms with Gasteiger partial charge in [0.05, 0.1) is 19.4 Å². The summed E-state index contributed by atoms with van der Waals surface area (Å²) in [6.07, 6.45) is 10.3. The van der Waals surface area contributed by atoms with E-state index < -0.39 is 0 Å². The molecule has 1 spiro atoms. The molecule has 5 aliphatic carbocycles. The number of piperidine rings is 1. The van der Waals surface area contributed by atoms with Gasteiger partial charge >= 0.3 is 0 Å². The third kappa shape index (κ3) is 1.62. The van der Waals surface area contributed by atoms with E-state index in [9.17, 15) is 5.11 Å². The summed E-state index contributed by atoms with van der Waals surface area (Å²) in [4.78, 5) is 2.69. The van der Waals surface area contributed by atoms with E-state index in [1.54, 1.807) is 0 Å². The van der Waals surface area contributed by atoms with Gasteiger partial charge in [-0.25, -0.2) is 0 Å². The van der Waals surface area contributed by atoms with Crippen molar-refractivity contribution in [2.24, 2.45) is 34.0 Å². The second kappa shape index (κ2) is 4.72. The van der Waals surface area contributed by atoms with Crippen LogP contribution in [0, 0.1) is 34.0 Å². The molecule has 3 nitrogen and oxygen atoms in total. The van der Waals surface area contributed by atoms with Crippen LogP contribution in [0.4, 0.5) is 0 Å². The van der Waals surface area contributed by atoms with Crippen molar-refractivity contribution in [3.63, 3.8) is 0 Å². The van der Waals surface area contributed by atoms with E-state index >= 15 is 0 Å². The molecule has 2 aliphatic heterocycles. The first kappa shape index (κ1) is 15.7. The zero-order chi connectivity index (χ0) is 17.0. The van der Waals surface area contributed by atoms with Crippen molar-refractivity contribution in [2.75, 3.05) is 19.9 Å². The van der Waals surface area contributed by atoms with Crippen molar-refractivity contribution in [1.29, 1.82) is 0 Å². The number of hydrogen-bond acceptors (Lipinski definition) is 3. The first-order chi connectivity index (χ1) is 12.0. The summed E-state index contributed by atoms with van der Waals surface area (Å²) < 4.78 is 5.96. The zero-order valence-corrected chi connectivity index (χ0v) is 15.7. The first-order valence-corrected chi connectivity index (χ1v) is 10.7. The lowest BCUT2D eigenvalue weighted by Gasteiger charge is -2.73. The highest BCUT2D eigenvalue weighted by Gasteiger charge is 2.71. The fourth-order valence-corrected chi connectivity index (χ4v) is 9.32. The first-order valence-electron chi connectivity index (χ1n) is 10.7. The summed E-state index contributed by atoms with van der Waals surface area (Å²) in [5, 5.41) is 11.3. The number of hydrogen-bond donors (Lipinski definition) is 1. The molecular weight excluding hydrogens is 310 g/mol. The van der Waals surface area contributed by atoms with Gasteiger partial charge in [0.15, 0.2) is 0 Å². The van der Waals surface area contributed by atoms with Crippen LogP contribution in [-0.4, -0.2) is 42.0 Å². The predicted octanol–water partition coefficient (Wildman–Crippen LogP) is 3.58. The molecule has 1 N–H and O–H groups in total. The number of aliphatic hydroxyl groups excluding tert-OH is 1. The molecule has 3 heteroatoms. The van der Waals surface area contributed by atoms with Crippen molar-refractivity contribution in [1.82, 2.24) is 4.90 Å². The third-order valence-electron chi connectivity index (χ3n) is 10.3. The van der Waals surface area contributed by atoms with Crippen LogP contribution in [0.2, 0.25) is 0 Å². The monoisotopic (exact) mass is 343 g/mol. The molecule has 7 rings (SSSR count). The maximum atomic E-state index is 11.3. The van der Waals surface area contributed by atoms with Gasteiger partial charge in [-0.05, 0) is 79.1 Å². The van der Waals surface area contributed by atoms with Crippen LogP contribution in [0.15, 0.2) is 12.2 Å². The van der Waals surface area contributed by atoms with Gasteiger partial charge in [0.2, 0.25) is 0 Å². The summed E-state index contributed by atoms with van der Waals surface area (Å²) >= 11 is 0. The van der Waals surface area contributed by atoms with Gasteiger partial charge in [-0.1, -0.05) is 19.9 Å². The number of rotatable bonds is 0. The second-order valence-corrected chi connectivity index (χ2v) is 10.7. The minimum atomic E-state index is -0.235. The van der Waals surface area contributed by atoms with Gasteiger partial charge < -0.3 is 9.84 Å². The highest BCUT2D eigenvalue weighted by molar-refractivity contribution is 5.28. The van der Waals surface area contributed by atoms with E-state index in [1.165, 1.54) is 63.5 Å². The standard InChI is InChI=1S/C22H33NO2/c1-14-15-4-8-21(19(14)24)9-5-16-20(2)6-3-7-22(16,17(21)10-15)12-23-13-25-11-18(20)23/h15-19,24H,1,3-13H2,2H3/t15-,16-,17+,18-,19-,20+,21-,22+/m1/s1. The normalized spacial score (nSPS) is 60.1. The molecule has 8 atom stereocenters. The van der Waals surface area contributed by atoms with Crippen LogP contribution in [0.5, 0.6) is 0 Å². The Hall–Kier alpha value is -0.380. The van der Waals surface area contributed by atoms with Crippen LogP contribution in [0.3, 0.4) is 0 Å². The highest BCUT2D eigenvalue weighted by atomic mass is 16.5. The molecule has 7 fully saturated rings. The zero-order valence-electron chi connectivity index (χ0n) is 15.7. The van der Waals surface area contributed by atoms with Crippen LogP contribution < -0.4 is 0 Å². The lowest BCUT2D eigenvalue weighted by atomic mass is 9.34. The van der Waals surface area contributed by atoms with E-state index in [4.69, 9.17) is 4.74 Å². The molecule has 4 bridgehead atoms. The topological polar surface area (TPSA) is 32.7 Å². The number of nitrogens with zero attached hydrogens (tertiary/aromatic N) is 1. The Morgan fingerprint density at radius 3 is 2.84 bits per heavy atom. The summed E-state index contributed by atoms with van der Waals surface area (Å²) in [7, 11) is 0. The molecule has 2 saturated heterocycles. The van der Waals surface area contributed by atoms with Crippen molar-refractivity contribution < 1.29 is 9.84 Å². The van der Waals surface area contributed by atoms with Crippen LogP contribution in [-0.2, 0) is 4.74 Å². The van der Waals surface area contributed by atoms with E-state index in [2.05, 4.69) is 18.4 Å². The summed E-state index contributed by atoms with van der Waals surface area (Å²) in [6.45, 7) is 9.94. The number of ether oxygens (including phenoxy) is 1.